The molecule has 1 fully saturated rings. The van der Waals surface area contributed by atoms with E-state index in [-0.39, 0.29) is 6.10 Å². The van der Waals surface area contributed by atoms with Gasteiger partial charge in [-0.2, -0.15) is 0 Å². The summed E-state index contributed by atoms with van der Waals surface area (Å²) in [5.41, 5.74) is 2.14. The zero-order valence-electron chi connectivity index (χ0n) is 22.7. The lowest BCUT2D eigenvalue weighted by molar-refractivity contribution is -0.258. The van der Waals surface area contributed by atoms with Crippen LogP contribution < -0.4 is 9.16 Å². The maximum atomic E-state index is 7.16. The summed E-state index contributed by atoms with van der Waals surface area (Å²) in [6, 6.07) is 6.27. The summed E-state index contributed by atoms with van der Waals surface area (Å²) in [7, 11) is -3.71. The van der Waals surface area contributed by atoms with E-state index in [9.17, 15) is 0 Å². The molecule has 1 spiro atoms. The van der Waals surface area contributed by atoms with Crippen molar-refractivity contribution in [1.82, 2.24) is 0 Å². The highest BCUT2D eigenvalue weighted by Gasteiger charge is 2.52. The third kappa shape index (κ3) is 5.34. The van der Waals surface area contributed by atoms with Crippen molar-refractivity contribution in [2.75, 3.05) is 0 Å². The van der Waals surface area contributed by atoms with Crippen molar-refractivity contribution in [2.24, 2.45) is 17.8 Å². The van der Waals surface area contributed by atoms with E-state index in [1.807, 2.05) is 0 Å². The zero-order valence-corrected chi connectivity index (χ0v) is 24.7. The minimum Gasteiger partial charge on any atom is -0.544 e. The Morgan fingerprint density at radius 2 is 1.71 bits per heavy atom. The zero-order chi connectivity index (χ0) is 24.9. The Morgan fingerprint density at radius 3 is 2.35 bits per heavy atom. The molecule has 1 aliphatic heterocycles. The average Bonchev–Trinajstić information content (AvgIpc) is 2.80. The maximum Gasteiger partial charge on any atom is 0.242 e. The highest BCUT2D eigenvalue weighted by atomic mass is 28.4. The van der Waals surface area contributed by atoms with E-state index < -0.39 is 22.4 Å². The smallest absolute Gasteiger partial charge is 0.242 e. The van der Waals surface area contributed by atoms with Gasteiger partial charge in [0.15, 0.2) is 0 Å². The van der Waals surface area contributed by atoms with Crippen LogP contribution in [0.2, 0.25) is 39.3 Å². The molecule has 0 amide bonds. The number of fused-ring (bicyclic) bond motifs is 3. The molecule has 3 aliphatic rings. The predicted molar refractivity (Wildman–Crippen MR) is 145 cm³/mol. The first-order valence-electron chi connectivity index (χ1n) is 13.1. The molecule has 1 heterocycles. The summed E-state index contributed by atoms with van der Waals surface area (Å²) in [5.74, 6) is 3.43. The molecule has 1 saturated carbocycles. The van der Waals surface area contributed by atoms with Crippen molar-refractivity contribution < 1.29 is 18.3 Å². The second-order valence-electron chi connectivity index (χ2n) is 12.7. The SMILES string of the molecule is CC(C)[C@H]1CC[C@H](C)C[C@]12Oc1cccc(O[Si](C)(C)C)c1C1=C(O[Si](C)(C)C)C=CC[C@@H]1O2. The van der Waals surface area contributed by atoms with Crippen LogP contribution in [0, 0.1) is 17.8 Å². The molecule has 1 aromatic rings. The molecule has 0 radical (unpaired) electrons. The van der Waals surface area contributed by atoms with Gasteiger partial charge in [0.25, 0.3) is 0 Å². The van der Waals surface area contributed by atoms with Gasteiger partial charge in [-0.1, -0.05) is 32.9 Å². The quantitative estimate of drug-likeness (QED) is 0.384. The second-order valence-corrected chi connectivity index (χ2v) is 21.6. The molecular formula is C28H44O4Si2. The first-order valence-corrected chi connectivity index (χ1v) is 19.9. The van der Waals surface area contributed by atoms with Gasteiger partial charge in [0.1, 0.15) is 17.3 Å². The largest absolute Gasteiger partial charge is 0.544 e. The fraction of sp³-hybridized carbons (Fsp3) is 0.643. The van der Waals surface area contributed by atoms with Gasteiger partial charge in [-0.05, 0) is 88.6 Å². The van der Waals surface area contributed by atoms with Crippen LogP contribution in [0.5, 0.6) is 11.5 Å². The lowest BCUT2D eigenvalue weighted by Gasteiger charge is -2.48. The first-order chi connectivity index (χ1) is 15.8. The Balaban J connectivity index is 1.95. The fourth-order valence-corrected chi connectivity index (χ4v) is 7.39. The molecule has 2 aliphatic carbocycles. The van der Waals surface area contributed by atoms with Gasteiger partial charge >= 0.3 is 0 Å². The van der Waals surface area contributed by atoms with Crippen LogP contribution in [-0.4, -0.2) is 28.5 Å². The molecule has 4 rings (SSSR count). The summed E-state index contributed by atoms with van der Waals surface area (Å²) < 4.78 is 27.5. The maximum absolute atomic E-state index is 7.16. The van der Waals surface area contributed by atoms with Crippen molar-refractivity contribution >= 4 is 22.2 Å². The molecule has 0 N–H and O–H groups in total. The average molecular weight is 501 g/mol. The summed E-state index contributed by atoms with van der Waals surface area (Å²) in [4.78, 5) is 0. The molecule has 0 aromatic heterocycles. The molecule has 0 saturated heterocycles. The molecule has 0 unspecified atom stereocenters. The van der Waals surface area contributed by atoms with Crippen LogP contribution in [0.25, 0.3) is 5.57 Å². The first kappa shape index (κ1) is 25.6. The Bertz CT molecular complexity index is 970. The lowest BCUT2D eigenvalue weighted by atomic mass is 9.72. The number of hydrogen-bond donors (Lipinski definition) is 0. The Kier molecular flexibility index (Phi) is 6.90. The normalized spacial score (nSPS) is 29.4. The topological polar surface area (TPSA) is 36.9 Å². The molecule has 188 valence electrons. The van der Waals surface area contributed by atoms with Crippen LogP contribution >= 0.6 is 0 Å². The molecule has 0 bridgehead atoms. The van der Waals surface area contributed by atoms with E-state index in [4.69, 9.17) is 18.3 Å². The molecule has 4 atom stereocenters. The summed E-state index contributed by atoms with van der Waals surface area (Å²) >= 11 is 0. The van der Waals surface area contributed by atoms with Gasteiger partial charge in [0.05, 0.1) is 11.7 Å². The van der Waals surface area contributed by atoms with Gasteiger partial charge in [-0.15, -0.1) is 0 Å². The monoisotopic (exact) mass is 500 g/mol. The van der Waals surface area contributed by atoms with Crippen molar-refractivity contribution in [3.63, 3.8) is 0 Å². The van der Waals surface area contributed by atoms with Gasteiger partial charge < -0.3 is 18.3 Å². The van der Waals surface area contributed by atoms with Gasteiger partial charge in [0, 0.05) is 17.9 Å². The molecule has 1 aromatic carbocycles. The Morgan fingerprint density at radius 1 is 1.00 bits per heavy atom. The Labute approximate surface area is 209 Å². The summed E-state index contributed by atoms with van der Waals surface area (Å²) in [6.07, 6.45) is 8.31. The fourth-order valence-electron chi connectivity index (χ4n) is 5.72. The van der Waals surface area contributed by atoms with Crippen LogP contribution in [-0.2, 0) is 9.16 Å². The number of benzene rings is 1. The lowest BCUT2D eigenvalue weighted by Crippen LogP contribution is -2.53. The number of ether oxygens (including phenoxy) is 2. The van der Waals surface area contributed by atoms with Crippen LogP contribution in [0.15, 0.2) is 36.1 Å². The van der Waals surface area contributed by atoms with E-state index in [1.54, 1.807) is 0 Å². The van der Waals surface area contributed by atoms with E-state index >= 15 is 0 Å². The van der Waals surface area contributed by atoms with Gasteiger partial charge in [-0.3, -0.25) is 0 Å². The van der Waals surface area contributed by atoms with E-state index in [1.165, 1.54) is 6.42 Å². The van der Waals surface area contributed by atoms with Crippen molar-refractivity contribution in [1.29, 1.82) is 0 Å². The molecular weight excluding hydrogens is 456 g/mol. The summed E-state index contributed by atoms with van der Waals surface area (Å²) in [6.45, 7) is 20.3. The van der Waals surface area contributed by atoms with Crippen LogP contribution in [0.3, 0.4) is 0 Å². The van der Waals surface area contributed by atoms with Crippen molar-refractivity contribution in [3.8, 4) is 11.5 Å². The highest BCUT2D eigenvalue weighted by molar-refractivity contribution is 6.70. The third-order valence-corrected chi connectivity index (χ3v) is 8.56. The number of allylic oxidation sites excluding steroid dienone is 1. The van der Waals surface area contributed by atoms with Crippen molar-refractivity contribution in [2.45, 2.75) is 97.6 Å². The minimum atomic E-state index is -1.86. The second kappa shape index (κ2) is 9.18. The standard InChI is InChI=1S/C28H44O4Si2/c1-19(2)21-17-16-20(3)18-28(21)29-22-12-10-14-24(31-33(4,5)6)26(22)27-23(30-28)13-11-15-25(27)32-34(7,8)9/h10-12,14-15,19-21,23H,13,16-18H2,1-9H3/t20-,21+,23-,28+/m0/s1. The van der Waals surface area contributed by atoms with Gasteiger partial charge in [-0.25, -0.2) is 0 Å². The van der Waals surface area contributed by atoms with Gasteiger partial charge in [0.2, 0.25) is 22.4 Å². The third-order valence-electron chi connectivity index (χ3n) is 6.89. The highest BCUT2D eigenvalue weighted by Crippen LogP contribution is 2.53. The minimum absolute atomic E-state index is 0.115. The van der Waals surface area contributed by atoms with Crippen LogP contribution in [0.4, 0.5) is 0 Å². The number of hydrogen-bond acceptors (Lipinski definition) is 4. The van der Waals surface area contributed by atoms with Crippen molar-refractivity contribution in [3.05, 3.63) is 41.7 Å². The van der Waals surface area contributed by atoms with E-state index in [0.29, 0.717) is 17.8 Å². The Hall–Kier alpha value is -1.51. The van der Waals surface area contributed by atoms with Crippen LogP contribution in [0.1, 0.15) is 52.0 Å². The molecule has 6 heteroatoms. The molecule has 34 heavy (non-hydrogen) atoms. The number of rotatable bonds is 5. The summed E-state index contributed by atoms with van der Waals surface area (Å²) in [5, 5.41) is 0. The predicted octanol–water partition coefficient (Wildman–Crippen LogP) is 7.99. The van der Waals surface area contributed by atoms with E-state index in [0.717, 1.165) is 47.7 Å². The molecule has 4 nitrogen and oxygen atoms in total. The van der Waals surface area contributed by atoms with E-state index in [2.05, 4.69) is 90.4 Å².